The number of benzene rings is 1. The fourth-order valence-corrected chi connectivity index (χ4v) is 1.96. The average Bonchev–Trinajstić information content (AvgIpc) is 2.29. The van der Waals surface area contributed by atoms with Gasteiger partial charge < -0.3 is 5.32 Å². The highest BCUT2D eigenvalue weighted by atomic mass is 32.2. The second-order valence-electron chi connectivity index (χ2n) is 3.82. The molecule has 0 fully saturated rings. The van der Waals surface area contributed by atoms with Crippen molar-refractivity contribution in [3.8, 4) is 0 Å². The molecule has 0 unspecified atom stereocenters. The molecule has 102 valence electrons. The lowest BCUT2D eigenvalue weighted by atomic mass is 10.1. The third kappa shape index (κ3) is 4.86. The van der Waals surface area contributed by atoms with Crippen LogP contribution in [0.25, 0.3) is 0 Å². The Labute approximate surface area is 108 Å². The Kier molecular flexibility index (Phi) is 5.95. The Hall–Kier alpha value is -0.750. The maximum Gasteiger partial charge on any atom is 0.416 e. The van der Waals surface area contributed by atoms with E-state index >= 15 is 0 Å². The third-order valence-corrected chi connectivity index (χ3v) is 3.09. The van der Waals surface area contributed by atoms with Crippen LogP contribution in [0.15, 0.2) is 18.2 Å². The zero-order valence-corrected chi connectivity index (χ0v) is 10.8. The van der Waals surface area contributed by atoms with Crippen LogP contribution >= 0.6 is 11.8 Å². The maximum atomic E-state index is 12.8. The van der Waals surface area contributed by atoms with Gasteiger partial charge in [-0.05, 0) is 42.7 Å². The second-order valence-corrected chi connectivity index (χ2v) is 4.81. The summed E-state index contributed by atoms with van der Waals surface area (Å²) in [6, 6.07) is 2.77. The molecule has 0 saturated heterocycles. The standard InChI is InChI=1S/C12H15F4NS/c1-18-6-2-5-17-8-9-3-4-10(13)7-11(9)12(14,15)16/h3-4,7,17H,2,5-6,8H2,1H3. The van der Waals surface area contributed by atoms with E-state index in [2.05, 4.69) is 5.32 Å². The lowest BCUT2D eigenvalue weighted by Crippen LogP contribution is -2.19. The number of rotatable bonds is 6. The quantitative estimate of drug-likeness (QED) is 0.630. The first-order chi connectivity index (χ1) is 8.45. The molecular formula is C12H15F4NS. The second kappa shape index (κ2) is 6.99. The first-order valence-corrected chi connectivity index (χ1v) is 6.90. The molecule has 1 aromatic carbocycles. The molecule has 0 bridgehead atoms. The highest BCUT2D eigenvalue weighted by Crippen LogP contribution is 2.32. The van der Waals surface area contributed by atoms with Gasteiger partial charge in [-0.3, -0.25) is 0 Å². The maximum absolute atomic E-state index is 12.8. The van der Waals surface area contributed by atoms with Crippen LogP contribution < -0.4 is 5.32 Å². The van der Waals surface area contributed by atoms with Crippen LogP contribution in [0.2, 0.25) is 0 Å². The summed E-state index contributed by atoms with van der Waals surface area (Å²) in [5, 5.41) is 2.93. The molecule has 0 aliphatic rings. The summed E-state index contributed by atoms with van der Waals surface area (Å²) >= 11 is 1.69. The van der Waals surface area contributed by atoms with Gasteiger partial charge in [0.1, 0.15) is 5.82 Å². The first kappa shape index (κ1) is 15.3. The predicted octanol–water partition coefficient (Wildman–Crippen LogP) is 3.69. The van der Waals surface area contributed by atoms with Crippen LogP contribution in [0.3, 0.4) is 0 Å². The summed E-state index contributed by atoms with van der Waals surface area (Å²) in [6.45, 7) is 0.749. The highest BCUT2D eigenvalue weighted by molar-refractivity contribution is 7.98. The Morgan fingerprint density at radius 3 is 2.61 bits per heavy atom. The predicted molar refractivity (Wildman–Crippen MR) is 66.1 cm³/mol. The Balaban J connectivity index is 2.65. The molecule has 0 radical (unpaired) electrons. The molecule has 1 aromatic rings. The molecule has 1 rings (SSSR count). The van der Waals surface area contributed by atoms with Crippen molar-refractivity contribution in [1.82, 2.24) is 5.32 Å². The van der Waals surface area contributed by atoms with Gasteiger partial charge in [0.2, 0.25) is 0 Å². The Morgan fingerprint density at radius 1 is 1.28 bits per heavy atom. The van der Waals surface area contributed by atoms with Crippen molar-refractivity contribution in [1.29, 1.82) is 0 Å². The van der Waals surface area contributed by atoms with Crippen LogP contribution in [0.5, 0.6) is 0 Å². The van der Waals surface area contributed by atoms with Gasteiger partial charge in [0.05, 0.1) is 5.56 Å². The van der Waals surface area contributed by atoms with E-state index in [-0.39, 0.29) is 12.1 Å². The summed E-state index contributed by atoms with van der Waals surface area (Å²) < 4.78 is 50.8. The number of alkyl halides is 3. The van der Waals surface area contributed by atoms with Crippen LogP contribution in [0.1, 0.15) is 17.5 Å². The summed E-state index contributed by atoms with van der Waals surface area (Å²) in [5.74, 6) is 0.0937. The molecule has 0 atom stereocenters. The zero-order valence-electron chi connectivity index (χ0n) is 9.98. The van der Waals surface area contributed by atoms with Gasteiger partial charge in [-0.2, -0.15) is 24.9 Å². The van der Waals surface area contributed by atoms with E-state index in [1.807, 2.05) is 6.26 Å². The molecule has 0 amide bonds. The van der Waals surface area contributed by atoms with Crippen LogP contribution in [-0.2, 0) is 12.7 Å². The van der Waals surface area contributed by atoms with Gasteiger partial charge in [0.15, 0.2) is 0 Å². The normalized spacial score (nSPS) is 11.8. The first-order valence-electron chi connectivity index (χ1n) is 5.50. The van der Waals surface area contributed by atoms with Gasteiger partial charge in [0.25, 0.3) is 0 Å². The number of nitrogens with one attached hydrogen (secondary N) is 1. The fourth-order valence-electron chi connectivity index (χ4n) is 1.53. The van der Waals surface area contributed by atoms with Gasteiger partial charge in [-0.15, -0.1) is 0 Å². The highest BCUT2D eigenvalue weighted by Gasteiger charge is 2.33. The minimum Gasteiger partial charge on any atom is -0.313 e. The molecule has 6 heteroatoms. The monoisotopic (exact) mass is 281 g/mol. The van der Waals surface area contributed by atoms with E-state index < -0.39 is 17.6 Å². The summed E-state index contributed by atoms with van der Waals surface area (Å²) in [5.41, 5.74) is -0.826. The van der Waals surface area contributed by atoms with Crippen molar-refractivity contribution in [2.75, 3.05) is 18.6 Å². The van der Waals surface area contributed by atoms with E-state index in [1.165, 1.54) is 6.07 Å². The number of halogens is 4. The van der Waals surface area contributed by atoms with Crippen molar-refractivity contribution in [3.05, 3.63) is 35.1 Å². The third-order valence-electron chi connectivity index (χ3n) is 2.39. The summed E-state index contributed by atoms with van der Waals surface area (Å²) in [6.07, 6.45) is -1.65. The number of thioether (sulfide) groups is 1. The van der Waals surface area contributed by atoms with Crippen molar-refractivity contribution >= 4 is 11.8 Å². The molecule has 1 nitrogen and oxygen atoms in total. The SMILES string of the molecule is CSCCCNCc1ccc(F)cc1C(F)(F)F. The lowest BCUT2D eigenvalue weighted by Gasteiger charge is -2.13. The Morgan fingerprint density at radius 2 is 2.00 bits per heavy atom. The van der Waals surface area contributed by atoms with Gasteiger partial charge >= 0.3 is 6.18 Å². The Bertz CT molecular complexity index is 379. The van der Waals surface area contributed by atoms with Gasteiger partial charge in [-0.25, -0.2) is 4.39 Å². The molecule has 0 aromatic heterocycles. The van der Waals surface area contributed by atoms with E-state index in [9.17, 15) is 17.6 Å². The molecule has 18 heavy (non-hydrogen) atoms. The van der Waals surface area contributed by atoms with Crippen molar-refractivity contribution in [3.63, 3.8) is 0 Å². The van der Waals surface area contributed by atoms with Crippen molar-refractivity contribution < 1.29 is 17.6 Å². The minimum absolute atomic E-state index is 0.0769. The van der Waals surface area contributed by atoms with Crippen molar-refractivity contribution in [2.24, 2.45) is 0 Å². The topological polar surface area (TPSA) is 12.0 Å². The average molecular weight is 281 g/mol. The molecule has 0 saturated carbocycles. The van der Waals surface area contributed by atoms with E-state index in [0.717, 1.165) is 18.2 Å². The van der Waals surface area contributed by atoms with E-state index in [4.69, 9.17) is 0 Å². The molecule has 0 aliphatic heterocycles. The summed E-state index contributed by atoms with van der Waals surface area (Å²) in [4.78, 5) is 0. The fraction of sp³-hybridized carbons (Fsp3) is 0.500. The van der Waals surface area contributed by atoms with E-state index in [1.54, 1.807) is 11.8 Å². The van der Waals surface area contributed by atoms with Crippen LogP contribution in [0.4, 0.5) is 17.6 Å². The zero-order chi connectivity index (χ0) is 13.6. The smallest absolute Gasteiger partial charge is 0.313 e. The van der Waals surface area contributed by atoms with Crippen LogP contribution in [0, 0.1) is 5.82 Å². The largest absolute Gasteiger partial charge is 0.416 e. The minimum atomic E-state index is -4.52. The van der Waals surface area contributed by atoms with Crippen LogP contribution in [-0.4, -0.2) is 18.6 Å². The number of hydrogen-bond donors (Lipinski definition) is 1. The molecular weight excluding hydrogens is 266 g/mol. The lowest BCUT2D eigenvalue weighted by molar-refractivity contribution is -0.138. The number of hydrogen-bond acceptors (Lipinski definition) is 2. The summed E-state index contributed by atoms with van der Waals surface area (Å²) in [7, 11) is 0. The molecule has 0 aliphatic carbocycles. The van der Waals surface area contributed by atoms with Gasteiger partial charge in [0, 0.05) is 6.54 Å². The molecule has 1 N–H and O–H groups in total. The van der Waals surface area contributed by atoms with Gasteiger partial charge in [-0.1, -0.05) is 6.07 Å². The van der Waals surface area contributed by atoms with E-state index in [0.29, 0.717) is 12.6 Å². The molecule has 0 spiro atoms. The molecule has 0 heterocycles. The van der Waals surface area contributed by atoms with Crippen molar-refractivity contribution in [2.45, 2.75) is 19.1 Å².